The second-order valence-electron chi connectivity index (χ2n) is 5.19. The Morgan fingerprint density at radius 3 is 2.76 bits per heavy atom. The van der Waals surface area contributed by atoms with E-state index in [1.54, 1.807) is 18.2 Å². The summed E-state index contributed by atoms with van der Waals surface area (Å²) in [7, 11) is 1.53. The normalized spacial score (nSPS) is 14.0. The number of phenolic OH excluding ortho intramolecular Hbond substituents is 1. The van der Waals surface area contributed by atoms with Gasteiger partial charge in [0.05, 0.1) is 7.11 Å². The lowest BCUT2D eigenvalue weighted by atomic mass is 10.1. The zero-order chi connectivity index (χ0) is 14.8. The minimum absolute atomic E-state index is 0.117. The van der Waals surface area contributed by atoms with Gasteiger partial charge in [0.2, 0.25) is 0 Å². The number of aromatic hydroxyl groups is 1. The Morgan fingerprint density at radius 2 is 2.10 bits per heavy atom. The second-order valence-corrected chi connectivity index (χ2v) is 5.19. The molecule has 1 aromatic heterocycles. The van der Waals surface area contributed by atoms with Gasteiger partial charge in [-0.2, -0.15) is 0 Å². The summed E-state index contributed by atoms with van der Waals surface area (Å²) in [6.07, 6.45) is 2.39. The highest BCUT2D eigenvalue weighted by Crippen LogP contribution is 2.40. The fraction of sp³-hybridized carbons (Fsp3) is 0.375. The molecule has 1 aliphatic carbocycles. The maximum absolute atomic E-state index is 9.70. The average molecular weight is 285 g/mol. The van der Waals surface area contributed by atoms with Crippen LogP contribution in [0.5, 0.6) is 11.5 Å². The van der Waals surface area contributed by atoms with Crippen LogP contribution >= 0.6 is 0 Å². The molecule has 21 heavy (non-hydrogen) atoms. The Morgan fingerprint density at radius 1 is 1.29 bits per heavy atom. The number of rotatable bonds is 5. The first-order valence-electron chi connectivity index (χ1n) is 7.21. The van der Waals surface area contributed by atoms with Gasteiger partial charge < -0.3 is 15.2 Å². The number of aromatic nitrogens is 2. The van der Waals surface area contributed by atoms with Crippen molar-refractivity contribution in [3.63, 3.8) is 0 Å². The quantitative estimate of drug-likeness (QED) is 0.883. The van der Waals surface area contributed by atoms with Crippen LogP contribution in [0.25, 0.3) is 11.4 Å². The topological polar surface area (TPSA) is 67.3 Å². The van der Waals surface area contributed by atoms with Crippen molar-refractivity contribution in [2.75, 3.05) is 19.0 Å². The Kier molecular flexibility index (Phi) is 3.64. The van der Waals surface area contributed by atoms with Crippen molar-refractivity contribution in [2.24, 2.45) is 0 Å². The van der Waals surface area contributed by atoms with E-state index >= 15 is 0 Å². The minimum atomic E-state index is 0.117. The molecule has 0 radical (unpaired) electrons. The highest BCUT2D eigenvalue weighted by Gasteiger charge is 2.26. The van der Waals surface area contributed by atoms with Crippen molar-refractivity contribution in [1.29, 1.82) is 0 Å². The van der Waals surface area contributed by atoms with E-state index in [4.69, 9.17) is 4.74 Å². The lowest BCUT2D eigenvalue weighted by Crippen LogP contribution is -2.03. The number of anilines is 1. The fourth-order valence-corrected chi connectivity index (χ4v) is 2.27. The van der Waals surface area contributed by atoms with Gasteiger partial charge in [-0.15, -0.1) is 0 Å². The molecule has 3 rings (SSSR count). The number of hydrogen-bond acceptors (Lipinski definition) is 5. The summed E-state index contributed by atoms with van der Waals surface area (Å²) < 4.78 is 5.15. The molecule has 1 fully saturated rings. The van der Waals surface area contributed by atoms with Crippen molar-refractivity contribution in [1.82, 2.24) is 9.97 Å². The first-order chi connectivity index (χ1) is 10.2. The van der Waals surface area contributed by atoms with Crippen LogP contribution < -0.4 is 10.1 Å². The number of phenols is 1. The van der Waals surface area contributed by atoms with E-state index in [1.165, 1.54) is 20.0 Å². The minimum Gasteiger partial charge on any atom is -0.504 e. The molecule has 2 N–H and O–H groups in total. The first kappa shape index (κ1) is 13.7. The van der Waals surface area contributed by atoms with Gasteiger partial charge in [0, 0.05) is 29.8 Å². The van der Waals surface area contributed by atoms with E-state index in [1.807, 2.05) is 13.0 Å². The molecule has 0 spiro atoms. The largest absolute Gasteiger partial charge is 0.504 e. The molecule has 5 heteroatoms. The molecule has 0 bridgehead atoms. The van der Waals surface area contributed by atoms with Crippen LogP contribution in [0.15, 0.2) is 24.3 Å². The van der Waals surface area contributed by atoms with Gasteiger partial charge in [-0.25, -0.2) is 9.97 Å². The van der Waals surface area contributed by atoms with E-state index in [-0.39, 0.29) is 5.75 Å². The molecule has 0 atom stereocenters. The maximum Gasteiger partial charge on any atom is 0.161 e. The lowest BCUT2D eigenvalue weighted by Gasteiger charge is -2.10. The SMILES string of the molecule is CCNc1cc(C2CC2)nc(-c2ccc(O)c(OC)c2)n1. The number of hydrogen-bond donors (Lipinski definition) is 2. The molecule has 5 nitrogen and oxygen atoms in total. The van der Waals surface area contributed by atoms with Gasteiger partial charge >= 0.3 is 0 Å². The Hall–Kier alpha value is -2.30. The molecule has 0 unspecified atom stereocenters. The Balaban J connectivity index is 2.03. The third kappa shape index (κ3) is 2.91. The number of ether oxygens (including phenoxy) is 1. The van der Waals surface area contributed by atoms with Gasteiger partial charge in [-0.3, -0.25) is 0 Å². The molecule has 0 aliphatic heterocycles. The average Bonchev–Trinajstić information content (AvgIpc) is 3.32. The highest BCUT2D eigenvalue weighted by molar-refractivity contribution is 5.62. The van der Waals surface area contributed by atoms with Gasteiger partial charge in [0.1, 0.15) is 5.82 Å². The van der Waals surface area contributed by atoms with Crippen molar-refractivity contribution in [2.45, 2.75) is 25.7 Å². The number of benzene rings is 1. The van der Waals surface area contributed by atoms with Gasteiger partial charge in [0.25, 0.3) is 0 Å². The third-order valence-electron chi connectivity index (χ3n) is 3.54. The maximum atomic E-state index is 9.70. The zero-order valence-electron chi connectivity index (χ0n) is 12.3. The molecule has 0 amide bonds. The molecule has 0 saturated heterocycles. The van der Waals surface area contributed by atoms with Gasteiger partial charge in [-0.05, 0) is 38.0 Å². The second kappa shape index (κ2) is 5.60. The number of nitrogens with one attached hydrogen (secondary N) is 1. The predicted octanol–water partition coefficient (Wildman–Crippen LogP) is 3.17. The van der Waals surface area contributed by atoms with Crippen LogP contribution in [0, 0.1) is 0 Å². The summed E-state index contributed by atoms with van der Waals surface area (Å²) in [5, 5.41) is 12.9. The van der Waals surface area contributed by atoms with E-state index in [9.17, 15) is 5.11 Å². The molecular formula is C16H19N3O2. The fourth-order valence-electron chi connectivity index (χ4n) is 2.27. The molecule has 2 aromatic rings. The molecule has 1 heterocycles. The molecule has 1 saturated carbocycles. The summed E-state index contributed by atoms with van der Waals surface area (Å²) in [5.41, 5.74) is 1.93. The zero-order valence-corrected chi connectivity index (χ0v) is 12.3. The van der Waals surface area contributed by atoms with Crippen LogP contribution in [0.1, 0.15) is 31.4 Å². The van der Waals surface area contributed by atoms with E-state index < -0.39 is 0 Å². The van der Waals surface area contributed by atoms with Crippen molar-refractivity contribution in [3.8, 4) is 22.9 Å². The van der Waals surface area contributed by atoms with Crippen molar-refractivity contribution >= 4 is 5.82 Å². The molecule has 110 valence electrons. The standard InChI is InChI=1S/C16H19N3O2/c1-3-17-15-9-12(10-4-5-10)18-16(19-15)11-6-7-13(20)14(8-11)21-2/h6-10,20H,3-5H2,1-2H3,(H,17,18,19). The van der Waals surface area contributed by atoms with Crippen LogP contribution in [0.3, 0.4) is 0 Å². The van der Waals surface area contributed by atoms with E-state index in [0.717, 1.165) is 23.6 Å². The smallest absolute Gasteiger partial charge is 0.161 e. The Bertz CT molecular complexity index is 654. The monoisotopic (exact) mass is 285 g/mol. The summed E-state index contributed by atoms with van der Waals surface area (Å²) in [6, 6.07) is 7.20. The molecule has 1 aromatic carbocycles. The lowest BCUT2D eigenvalue weighted by molar-refractivity contribution is 0.373. The molecule has 1 aliphatic rings. The summed E-state index contributed by atoms with van der Waals surface area (Å²) in [6.45, 7) is 2.86. The predicted molar refractivity (Wildman–Crippen MR) is 81.8 cm³/mol. The van der Waals surface area contributed by atoms with Crippen molar-refractivity contribution < 1.29 is 9.84 Å². The van der Waals surface area contributed by atoms with E-state index in [0.29, 0.717) is 17.5 Å². The van der Waals surface area contributed by atoms with Crippen molar-refractivity contribution in [3.05, 3.63) is 30.0 Å². The third-order valence-corrected chi connectivity index (χ3v) is 3.54. The van der Waals surface area contributed by atoms with Gasteiger partial charge in [-0.1, -0.05) is 0 Å². The number of methoxy groups -OCH3 is 1. The van der Waals surface area contributed by atoms with Crippen LogP contribution in [0.4, 0.5) is 5.82 Å². The summed E-state index contributed by atoms with van der Waals surface area (Å²) in [4.78, 5) is 9.21. The number of nitrogens with zero attached hydrogens (tertiary/aromatic N) is 2. The highest BCUT2D eigenvalue weighted by atomic mass is 16.5. The Labute approximate surface area is 124 Å². The first-order valence-corrected chi connectivity index (χ1v) is 7.21. The van der Waals surface area contributed by atoms with E-state index in [2.05, 4.69) is 15.3 Å². The van der Waals surface area contributed by atoms with Crippen LogP contribution in [0.2, 0.25) is 0 Å². The molecular weight excluding hydrogens is 266 g/mol. The summed E-state index contributed by atoms with van der Waals surface area (Å²) in [5.74, 6) is 2.61. The van der Waals surface area contributed by atoms with Crippen LogP contribution in [-0.2, 0) is 0 Å². The summed E-state index contributed by atoms with van der Waals surface area (Å²) >= 11 is 0. The van der Waals surface area contributed by atoms with Crippen LogP contribution in [-0.4, -0.2) is 28.7 Å². The van der Waals surface area contributed by atoms with Gasteiger partial charge in [0.15, 0.2) is 17.3 Å².